The molecule has 53 heavy (non-hydrogen) atoms. The van der Waals surface area contributed by atoms with E-state index in [-0.39, 0.29) is 19.4 Å². The number of phosphoric ester groups is 1. The summed E-state index contributed by atoms with van der Waals surface area (Å²) in [5.41, 5.74) is 0. The second-order valence-corrected chi connectivity index (χ2v) is 14.7. The third-order valence-electron chi connectivity index (χ3n) is 8.16. The molecule has 11 heteroatoms. The predicted molar refractivity (Wildman–Crippen MR) is 214 cm³/mol. The van der Waals surface area contributed by atoms with Gasteiger partial charge in [0.05, 0.1) is 19.8 Å². The van der Waals surface area contributed by atoms with Crippen LogP contribution in [-0.2, 0) is 32.7 Å². The van der Waals surface area contributed by atoms with Gasteiger partial charge in [-0.2, -0.15) is 0 Å². The van der Waals surface area contributed by atoms with Crippen LogP contribution >= 0.6 is 7.82 Å². The second-order valence-electron chi connectivity index (χ2n) is 13.3. The minimum Gasteiger partial charge on any atom is -0.462 e. The van der Waals surface area contributed by atoms with Gasteiger partial charge < -0.3 is 24.6 Å². The Morgan fingerprint density at radius 3 is 1.58 bits per heavy atom. The Bertz CT molecular complexity index is 1070. The van der Waals surface area contributed by atoms with Gasteiger partial charge in [0.15, 0.2) is 6.10 Å². The van der Waals surface area contributed by atoms with Crippen LogP contribution in [0, 0.1) is 0 Å². The molecule has 3 atom stereocenters. The maximum Gasteiger partial charge on any atom is 0.472 e. The van der Waals surface area contributed by atoms with Crippen molar-refractivity contribution in [3.05, 3.63) is 60.8 Å². The van der Waals surface area contributed by atoms with Crippen LogP contribution in [0.5, 0.6) is 0 Å². The van der Waals surface area contributed by atoms with Gasteiger partial charge in [-0.1, -0.05) is 126 Å². The van der Waals surface area contributed by atoms with Crippen LogP contribution in [-0.4, -0.2) is 65.7 Å². The van der Waals surface area contributed by atoms with E-state index in [9.17, 15) is 24.2 Å². The Morgan fingerprint density at radius 2 is 1.04 bits per heavy atom. The van der Waals surface area contributed by atoms with Crippen molar-refractivity contribution in [2.75, 3.05) is 26.4 Å². The molecule has 0 spiro atoms. The molecule has 0 saturated carbocycles. The van der Waals surface area contributed by atoms with Crippen molar-refractivity contribution in [2.45, 2.75) is 167 Å². The van der Waals surface area contributed by atoms with Crippen LogP contribution in [0.3, 0.4) is 0 Å². The van der Waals surface area contributed by atoms with E-state index in [4.69, 9.17) is 19.1 Å². The van der Waals surface area contributed by atoms with Crippen molar-refractivity contribution in [1.29, 1.82) is 0 Å². The van der Waals surface area contributed by atoms with Gasteiger partial charge in [0.1, 0.15) is 12.7 Å². The SMILES string of the molecule is CC/C=C\C/C=C\C/C=C\CCCCCC(=O)OC(COC(=O)CCCCCCCCC/C=C\C/C=C\CCCCC)COP(=O)(O)OCC(O)CO. The highest BCUT2D eigenvalue weighted by Crippen LogP contribution is 2.43. The lowest BCUT2D eigenvalue weighted by Gasteiger charge is -2.20. The number of esters is 2. The smallest absolute Gasteiger partial charge is 0.462 e. The average Bonchev–Trinajstić information content (AvgIpc) is 3.14. The summed E-state index contributed by atoms with van der Waals surface area (Å²) in [6.45, 7) is 2.17. The van der Waals surface area contributed by atoms with E-state index in [1.807, 2.05) is 0 Å². The molecule has 0 aromatic rings. The molecule has 0 aromatic heterocycles. The number of ether oxygens (including phenoxy) is 2. The number of allylic oxidation sites excluding steroid dienone is 10. The van der Waals surface area contributed by atoms with Crippen LogP contribution in [0.4, 0.5) is 0 Å². The first-order chi connectivity index (χ1) is 25.7. The first kappa shape index (κ1) is 50.7. The van der Waals surface area contributed by atoms with Gasteiger partial charge in [-0.3, -0.25) is 18.6 Å². The van der Waals surface area contributed by atoms with Gasteiger partial charge >= 0.3 is 19.8 Å². The maximum absolute atomic E-state index is 12.5. The Balaban J connectivity index is 4.38. The van der Waals surface area contributed by atoms with Gasteiger partial charge in [-0.15, -0.1) is 0 Å². The minimum absolute atomic E-state index is 0.145. The monoisotopic (exact) mass is 768 g/mol. The van der Waals surface area contributed by atoms with Crippen molar-refractivity contribution in [2.24, 2.45) is 0 Å². The lowest BCUT2D eigenvalue weighted by molar-refractivity contribution is -0.161. The summed E-state index contributed by atoms with van der Waals surface area (Å²) in [5.74, 6) is -0.974. The third kappa shape index (κ3) is 37.8. The fraction of sp³-hybridized carbons (Fsp3) is 0.714. The van der Waals surface area contributed by atoms with E-state index in [0.29, 0.717) is 12.8 Å². The molecular formula is C42H73O10P. The number of carbonyl (C=O) groups is 2. The van der Waals surface area contributed by atoms with E-state index >= 15 is 0 Å². The van der Waals surface area contributed by atoms with Crippen LogP contribution in [0.15, 0.2) is 60.8 Å². The van der Waals surface area contributed by atoms with E-state index in [2.05, 4.69) is 79.1 Å². The Morgan fingerprint density at radius 1 is 0.585 bits per heavy atom. The molecule has 0 saturated heterocycles. The summed E-state index contributed by atoms with van der Waals surface area (Å²) in [4.78, 5) is 34.9. The van der Waals surface area contributed by atoms with Crippen molar-refractivity contribution in [3.63, 3.8) is 0 Å². The van der Waals surface area contributed by atoms with Crippen LogP contribution < -0.4 is 0 Å². The first-order valence-electron chi connectivity index (χ1n) is 20.2. The molecule has 0 bridgehead atoms. The van der Waals surface area contributed by atoms with Crippen molar-refractivity contribution < 1.29 is 47.8 Å². The quantitative estimate of drug-likeness (QED) is 0.0241. The second kappa shape index (κ2) is 38.0. The predicted octanol–water partition coefficient (Wildman–Crippen LogP) is 10.3. The number of hydrogen-bond donors (Lipinski definition) is 3. The molecule has 0 amide bonds. The number of aliphatic hydroxyl groups excluding tert-OH is 2. The van der Waals surface area contributed by atoms with Gasteiger partial charge in [-0.05, 0) is 77.0 Å². The lowest BCUT2D eigenvalue weighted by atomic mass is 10.1. The van der Waals surface area contributed by atoms with Crippen molar-refractivity contribution >= 4 is 19.8 Å². The first-order valence-corrected chi connectivity index (χ1v) is 21.7. The summed E-state index contributed by atoms with van der Waals surface area (Å²) in [7, 11) is -4.63. The Labute approximate surface area is 321 Å². The van der Waals surface area contributed by atoms with Gasteiger partial charge in [0, 0.05) is 12.8 Å². The van der Waals surface area contributed by atoms with Gasteiger partial charge in [0.2, 0.25) is 0 Å². The van der Waals surface area contributed by atoms with E-state index < -0.39 is 51.8 Å². The zero-order valence-corrected chi connectivity index (χ0v) is 33.9. The molecule has 0 aliphatic rings. The van der Waals surface area contributed by atoms with Gasteiger partial charge in [-0.25, -0.2) is 4.57 Å². The third-order valence-corrected chi connectivity index (χ3v) is 9.11. The highest BCUT2D eigenvalue weighted by atomic mass is 31.2. The largest absolute Gasteiger partial charge is 0.472 e. The van der Waals surface area contributed by atoms with Gasteiger partial charge in [0.25, 0.3) is 0 Å². The molecule has 3 N–H and O–H groups in total. The molecule has 306 valence electrons. The summed E-state index contributed by atoms with van der Waals surface area (Å²) in [6, 6.07) is 0. The van der Waals surface area contributed by atoms with E-state index in [1.165, 1.54) is 44.9 Å². The van der Waals surface area contributed by atoms with E-state index in [0.717, 1.165) is 70.6 Å². The molecule has 0 radical (unpaired) electrons. The summed E-state index contributed by atoms with van der Waals surface area (Å²) in [5, 5.41) is 18.3. The van der Waals surface area contributed by atoms with Crippen molar-refractivity contribution in [3.8, 4) is 0 Å². The molecule has 0 aromatic carbocycles. The molecule has 3 unspecified atom stereocenters. The molecule has 0 aliphatic heterocycles. The summed E-state index contributed by atoms with van der Waals surface area (Å²) in [6.07, 6.45) is 40.5. The standard InChI is InChI=1S/C42H73O10P/c1-3-5-7-9-11-13-15-17-18-19-20-22-23-25-27-29-31-33-41(45)49-37-40(38-51-53(47,48)50-36-39(44)35-43)52-42(46)34-32-30-28-26-24-21-16-14-12-10-8-6-4-2/h6,8,11-14,17-18,21,24,39-40,43-44H,3-5,7,9-10,15-16,19-20,22-23,25-38H2,1-2H3,(H,47,48)/b8-6-,13-11-,14-12-,18-17-,24-21-. The fourth-order valence-electron chi connectivity index (χ4n) is 5.04. The number of phosphoric acid groups is 1. The Kier molecular flexibility index (Phi) is 36.3. The topological polar surface area (TPSA) is 149 Å². The number of aliphatic hydroxyl groups is 2. The fourth-order valence-corrected chi connectivity index (χ4v) is 5.83. The summed E-state index contributed by atoms with van der Waals surface area (Å²) < 4.78 is 32.6. The molecular weight excluding hydrogens is 695 g/mol. The number of rotatable bonds is 37. The zero-order chi connectivity index (χ0) is 39.1. The van der Waals surface area contributed by atoms with Crippen LogP contribution in [0.25, 0.3) is 0 Å². The molecule has 0 fully saturated rings. The molecule has 0 aliphatic carbocycles. The number of carbonyl (C=O) groups excluding carboxylic acids is 2. The highest BCUT2D eigenvalue weighted by Gasteiger charge is 2.27. The molecule has 10 nitrogen and oxygen atoms in total. The van der Waals surface area contributed by atoms with Crippen molar-refractivity contribution in [1.82, 2.24) is 0 Å². The van der Waals surface area contributed by atoms with E-state index in [1.54, 1.807) is 0 Å². The zero-order valence-electron chi connectivity index (χ0n) is 33.0. The lowest BCUT2D eigenvalue weighted by Crippen LogP contribution is -2.29. The normalized spacial score (nSPS) is 14.6. The molecule has 0 rings (SSSR count). The summed E-state index contributed by atoms with van der Waals surface area (Å²) >= 11 is 0. The Hall–Kier alpha value is -2.33. The average molecular weight is 769 g/mol. The maximum atomic E-state index is 12.5. The number of unbranched alkanes of at least 4 members (excludes halogenated alkanes) is 13. The van der Waals surface area contributed by atoms with Crippen LogP contribution in [0.1, 0.15) is 155 Å². The minimum atomic E-state index is -4.63. The molecule has 0 heterocycles. The highest BCUT2D eigenvalue weighted by molar-refractivity contribution is 7.47. The number of hydrogen-bond acceptors (Lipinski definition) is 9. The van der Waals surface area contributed by atoms with Crippen LogP contribution in [0.2, 0.25) is 0 Å².